The predicted molar refractivity (Wildman–Crippen MR) is 77.5 cm³/mol. The van der Waals surface area contributed by atoms with Gasteiger partial charge < -0.3 is 10.1 Å². The molecule has 5 heteroatoms. The van der Waals surface area contributed by atoms with Crippen molar-refractivity contribution in [2.75, 3.05) is 26.2 Å². The second kappa shape index (κ2) is 6.59. The van der Waals surface area contributed by atoms with Crippen molar-refractivity contribution in [3.8, 4) is 0 Å². The number of ether oxygens (including phenoxy) is 1. The molecule has 0 aromatic heterocycles. The van der Waals surface area contributed by atoms with E-state index in [-0.39, 0.29) is 6.09 Å². The molecule has 1 N–H and O–H groups in total. The van der Waals surface area contributed by atoms with E-state index in [0.29, 0.717) is 19.6 Å². The van der Waals surface area contributed by atoms with Crippen molar-refractivity contribution in [3.05, 3.63) is 11.6 Å². The molecule has 1 rings (SSSR count). The Labute approximate surface area is 115 Å². The number of nitrogens with zero attached hydrogens (tertiary/aromatic N) is 2. The van der Waals surface area contributed by atoms with Gasteiger partial charge in [-0.3, -0.25) is 9.89 Å². The van der Waals surface area contributed by atoms with Crippen molar-refractivity contribution in [1.82, 2.24) is 10.2 Å². The second-order valence-electron chi connectivity index (χ2n) is 5.89. The normalized spacial score (nSPS) is 15.6. The second-order valence-corrected chi connectivity index (χ2v) is 5.89. The molecular weight excluding hydrogens is 242 g/mol. The van der Waals surface area contributed by atoms with Gasteiger partial charge >= 0.3 is 6.09 Å². The monoisotopic (exact) mass is 267 g/mol. The fourth-order valence-electron chi connectivity index (χ4n) is 1.58. The lowest BCUT2D eigenvalue weighted by atomic mass is 10.2. The van der Waals surface area contributed by atoms with Crippen molar-refractivity contribution < 1.29 is 9.53 Å². The van der Waals surface area contributed by atoms with Gasteiger partial charge in [-0.25, -0.2) is 4.79 Å². The van der Waals surface area contributed by atoms with Crippen LogP contribution < -0.4 is 5.32 Å². The van der Waals surface area contributed by atoms with Crippen LogP contribution in [0.25, 0.3) is 0 Å². The summed E-state index contributed by atoms with van der Waals surface area (Å²) in [4.78, 5) is 18.0. The van der Waals surface area contributed by atoms with Crippen LogP contribution in [0.5, 0.6) is 0 Å². The van der Waals surface area contributed by atoms with Crippen LogP contribution in [0.15, 0.2) is 16.6 Å². The minimum Gasteiger partial charge on any atom is -0.444 e. The maximum Gasteiger partial charge on any atom is 0.410 e. The van der Waals surface area contributed by atoms with Crippen LogP contribution in [-0.2, 0) is 4.74 Å². The van der Waals surface area contributed by atoms with E-state index in [0.717, 1.165) is 12.4 Å². The number of carbonyl (C=O) groups excluding carboxylic acids is 1. The highest BCUT2D eigenvalue weighted by Crippen LogP contribution is 2.10. The van der Waals surface area contributed by atoms with Crippen LogP contribution in [-0.4, -0.2) is 48.6 Å². The van der Waals surface area contributed by atoms with Crippen LogP contribution in [0.3, 0.4) is 0 Å². The molecule has 0 saturated carbocycles. The maximum atomic E-state index is 12.0. The van der Waals surface area contributed by atoms with E-state index in [9.17, 15) is 4.79 Å². The summed E-state index contributed by atoms with van der Waals surface area (Å²) in [6.07, 6.45) is 1.82. The summed E-state index contributed by atoms with van der Waals surface area (Å²) in [5.41, 5.74) is 0.800. The number of nitrogens with one attached hydrogen (secondary N) is 1. The highest BCUT2D eigenvalue weighted by molar-refractivity contribution is 5.88. The molecule has 0 aromatic rings. The van der Waals surface area contributed by atoms with E-state index in [4.69, 9.17) is 4.74 Å². The molecule has 5 nitrogen and oxygen atoms in total. The maximum absolute atomic E-state index is 12.0. The van der Waals surface area contributed by atoms with Crippen LogP contribution in [0.1, 0.15) is 34.6 Å². The molecule has 0 radical (unpaired) electrons. The number of allylic oxidation sites excluding steroid dienone is 1. The van der Waals surface area contributed by atoms with Crippen molar-refractivity contribution in [2.45, 2.75) is 40.2 Å². The van der Waals surface area contributed by atoms with Gasteiger partial charge in [-0.2, -0.15) is 0 Å². The number of carbonyl (C=O) groups is 1. The van der Waals surface area contributed by atoms with Crippen molar-refractivity contribution in [3.63, 3.8) is 0 Å². The summed E-state index contributed by atoms with van der Waals surface area (Å²) in [5, 5.41) is 3.22. The molecule has 0 spiro atoms. The quantitative estimate of drug-likeness (QED) is 0.780. The lowest BCUT2D eigenvalue weighted by Gasteiger charge is -2.29. The molecule has 0 aliphatic carbocycles. The largest absolute Gasteiger partial charge is 0.444 e. The smallest absolute Gasteiger partial charge is 0.410 e. The Morgan fingerprint density at radius 1 is 1.47 bits per heavy atom. The van der Waals surface area contributed by atoms with Gasteiger partial charge in [0, 0.05) is 13.1 Å². The molecule has 0 fully saturated rings. The van der Waals surface area contributed by atoms with Crippen LogP contribution >= 0.6 is 0 Å². The number of hydrogen-bond acceptors (Lipinski definition) is 4. The molecule has 0 bridgehead atoms. The number of hydrogen-bond donors (Lipinski definition) is 1. The average molecular weight is 267 g/mol. The third-order valence-corrected chi connectivity index (χ3v) is 2.48. The van der Waals surface area contributed by atoms with Gasteiger partial charge in [0.1, 0.15) is 11.4 Å². The van der Waals surface area contributed by atoms with Crippen LogP contribution in [0.4, 0.5) is 4.79 Å². The van der Waals surface area contributed by atoms with E-state index < -0.39 is 5.60 Å². The van der Waals surface area contributed by atoms with E-state index in [2.05, 4.69) is 30.2 Å². The molecule has 0 atom stereocenters. The third kappa shape index (κ3) is 6.27. The van der Waals surface area contributed by atoms with E-state index in [1.165, 1.54) is 5.57 Å². The molecule has 0 unspecified atom stereocenters. The standard InChI is InChI=1S/C14H25N3O2/c1-11(2)6-7-15-12-10-17(9-8-16-12)13(18)19-14(3,4)5/h6H,7-10H2,1-5H3,(H,15,16). The molecule has 1 aliphatic heterocycles. The minimum atomic E-state index is -0.457. The molecule has 108 valence electrons. The summed E-state index contributed by atoms with van der Waals surface area (Å²) in [7, 11) is 0. The molecule has 1 amide bonds. The molecule has 0 saturated heterocycles. The Morgan fingerprint density at radius 3 is 2.74 bits per heavy atom. The summed E-state index contributed by atoms with van der Waals surface area (Å²) in [6, 6.07) is 0. The lowest BCUT2D eigenvalue weighted by Crippen LogP contribution is -2.47. The minimum absolute atomic E-state index is 0.274. The first-order valence-electron chi connectivity index (χ1n) is 6.66. The van der Waals surface area contributed by atoms with E-state index in [1.54, 1.807) is 4.90 Å². The molecular formula is C14H25N3O2. The van der Waals surface area contributed by atoms with Gasteiger partial charge in [-0.15, -0.1) is 0 Å². The first-order valence-corrected chi connectivity index (χ1v) is 6.66. The Bertz CT molecular complexity index is 377. The van der Waals surface area contributed by atoms with Gasteiger partial charge in [0.25, 0.3) is 0 Å². The Hall–Kier alpha value is -1.52. The molecule has 1 heterocycles. The van der Waals surface area contributed by atoms with E-state index in [1.807, 2.05) is 20.8 Å². The topological polar surface area (TPSA) is 53.9 Å². The molecule has 19 heavy (non-hydrogen) atoms. The fraction of sp³-hybridized carbons (Fsp3) is 0.714. The average Bonchev–Trinajstić information content (AvgIpc) is 2.26. The van der Waals surface area contributed by atoms with Crippen molar-refractivity contribution >= 4 is 11.9 Å². The highest BCUT2D eigenvalue weighted by atomic mass is 16.6. The summed E-state index contributed by atoms with van der Waals surface area (Å²) in [6.45, 7) is 12.2. The number of amides is 1. The molecule has 1 aliphatic rings. The van der Waals surface area contributed by atoms with Crippen molar-refractivity contribution in [1.29, 1.82) is 0 Å². The van der Waals surface area contributed by atoms with Gasteiger partial charge in [-0.1, -0.05) is 11.6 Å². The summed E-state index contributed by atoms with van der Waals surface area (Å²) in [5.74, 6) is 0.842. The molecule has 0 aromatic carbocycles. The fourth-order valence-corrected chi connectivity index (χ4v) is 1.58. The number of rotatable bonds is 2. The Kier molecular flexibility index (Phi) is 5.39. The SMILES string of the molecule is CC(C)=CCNC1=NCCN(C(=O)OC(C)(C)C)C1. The van der Waals surface area contributed by atoms with E-state index >= 15 is 0 Å². The van der Waals surface area contributed by atoms with Crippen LogP contribution in [0, 0.1) is 0 Å². The first kappa shape index (κ1) is 15.5. The van der Waals surface area contributed by atoms with Gasteiger partial charge in [0.2, 0.25) is 0 Å². The Morgan fingerprint density at radius 2 is 2.16 bits per heavy atom. The first-order chi connectivity index (χ1) is 8.78. The third-order valence-electron chi connectivity index (χ3n) is 2.48. The highest BCUT2D eigenvalue weighted by Gasteiger charge is 2.24. The Balaban J connectivity index is 2.47. The zero-order chi connectivity index (χ0) is 14.5. The lowest BCUT2D eigenvalue weighted by molar-refractivity contribution is 0.0276. The zero-order valence-corrected chi connectivity index (χ0v) is 12.6. The number of amidine groups is 1. The summed E-state index contributed by atoms with van der Waals surface area (Å²) < 4.78 is 5.36. The van der Waals surface area contributed by atoms with Gasteiger partial charge in [0.15, 0.2) is 0 Å². The summed E-state index contributed by atoms with van der Waals surface area (Å²) >= 11 is 0. The van der Waals surface area contributed by atoms with Gasteiger partial charge in [0.05, 0.1) is 13.1 Å². The van der Waals surface area contributed by atoms with Gasteiger partial charge in [-0.05, 0) is 34.6 Å². The van der Waals surface area contributed by atoms with Crippen molar-refractivity contribution in [2.24, 2.45) is 4.99 Å². The number of aliphatic imine (C=N–C) groups is 1. The van der Waals surface area contributed by atoms with Crippen LogP contribution in [0.2, 0.25) is 0 Å². The predicted octanol–water partition coefficient (Wildman–Crippen LogP) is 2.19. The zero-order valence-electron chi connectivity index (χ0n) is 12.6.